The van der Waals surface area contributed by atoms with Crippen molar-refractivity contribution >= 4 is 0 Å². The molecule has 1 aromatic carbocycles. The summed E-state index contributed by atoms with van der Waals surface area (Å²) in [6.45, 7) is 7.03. The zero-order valence-electron chi connectivity index (χ0n) is 12.5. The van der Waals surface area contributed by atoms with Crippen molar-refractivity contribution in [1.82, 2.24) is 5.32 Å². The van der Waals surface area contributed by atoms with Crippen molar-refractivity contribution in [3.8, 4) is 17.2 Å². The number of ether oxygens (including phenoxy) is 3. The maximum Gasteiger partial charge on any atom is 0.203 e. The second-order valence-corrected chi connectivity index (χ2v) is 5.23. The first kappa shape index (κ1) is 14.7. The van der Waals surface area contributed by atoms with Crippen molar-refractivity contribution < 1.29 is 14.2 Å². The molecule has 0 unspecified atom stereocenters. The molecule has 0 aliphatic heterocycles. The Labute approximate surface area is 120 Å². The molecule has 0 atom stereocenters. The fourth-order valence-corrected chi connectivity index (χ4v) is 1.92. The Hall–Kier alpha value is -1.68. The van der Waals surface area contributed by atoms with Crippen LogP contribution in [0.5, 0.6) is 17.2 Å². The van der Waals surface area contributed by atoms with E-state index in [2.05, 4.69) is 11.9 Å². The lowest BCUT2D eigenvalue weighted by molar-refractivity contribution is 0.295. The Morgan fingerprint density at radius 3 is 2.30 bits per heavy atom. The first-order valence-electron chi connectivity index (χ1n) is 6.89. The molecule has 0 amide bonds. The molecule has 1 N–H and O–H groups in total. The van der Waals surface area contributed by atoms with E-state index in [0.29, 0.717) is 29.9 Å². The van der Waals surface area contributed by atoms with Crippen molar-refractivity contribution in [1.29, 1.82) is 0 Å². The summed E-state index contributed by atoms with van der Waals surface area (Å²) in [7, 11) is 3.28. The highest BCUT2D eigenvalue weighted by atomic mass is 16.5. The van der Waals surface area contributed by atoms with Gasteiger partial charge in [-0.05, 0) is 43.0 Å². The summed E-state index contributed by atoms with van der Waals surface area (Å²) >= 11 is 0. The van der Waals surface area contributed by atoms with Gasteiger partial charge in [0, 0.05) is 12.6 Å². The summed E-state index contributed by atoms with van der Waals surface area (Å²) in [6.07, 6.45) is 2.54. The van der Waals surface area contributed by atoms with Crippen LogP contribution in [-0.4, -0.2) is 26.9 Å². The highest BCUT2D eigenvalue weighted by molar-refractivity contribution is 5.54. The van der Waals surface area contributed by atoms with E-state index in [0.717, 1.165) is 17.7 Å². The minimum absolute atomic E-state index is 0.451. The van der Waals surface area contributed by atoms with Gasteiger partial charge < -0.3 is 19.5 Å². The fourth-order valence-electron chi connectivity index (χ4n) is 1.92. The van der Waals surface area contributed by atoms with E-state index >= 15 is 0 Å². The number of hydrogen-bond donors (Lipinski definition) is 1. The van der Waals surface area contributed by atoms with Crippen LogP contribution in [-0.2, 0) is 6.54 Å². The fraction of sp³-hybridized carbons (Fsp3) is 0.500. The van der Waals surface area contributed by atoms with Gasteiger partial charge in [0.25, 0.3) is 0 Å². The number of benzene rings is 1. The third-order valence-corrected chi connectivity index (χ3v) is 3.16. The lowest BCUT2D eigenvalue weighted by atomic mass is 10.1. The average Bonchev–Trinajstić information content (AvgIpc) is 3.26. The van der Waals surface area contributed by atoms with Crippen molar-refractivity contribution in [2.75, 3.05) is 20.8 Å². The second-order valence-electron chi connectivity index (χ2n) is 5.23. The largest absolute Gasteiger partial charge is 0.493 e. The van der Waals surface area contributed by atoms with Crippen LogP contribution in [0.3, 0.4) is 0 Å². The van der Waals surface area contributed by atoms with E-state index in [-0.39, 0.29) is 0 Å². The molecular weight excluding hydrogens is 254 g/mol. The van der Waals surface area contributed by atoms with Gasteiger partial charge in [0.15, 0.2) is 11.5 Å². The van der Waals surface area contributed by atoms with E-state index in [1.54, 1.807) is 14.2 Å². The predicted octanol–water partition coefficient (Wildman–Crippen LogP) is 2.91. The van der Waals surface area contributed by atoms with Crippen LogP contribution in [0.2, 0.25) is 0 Å². The summed E-state index contributed by atoms with van der Waals surface area (Å²) < 4.78 is 16.6. The Bertz CT molecular complexity index is 456. The van der Waals surface area contributed by atoms with Gasteiger partial charge in [-0.1, -0.05) is 6.58 Å². The van der Waals surface area contributed by atoms with Crippen molar-refractivity contribution in [3.63, 3.8) is 0 Å². The van der Waals surface area contributed by atoms with Gasteiger partial charge in [0.2, 0.25) is 5.75 Å². The van der Waals surface area contributed by atoms with Crippen molar-refractivity contribution in [2.45, 2.75) is 32.4 Å². The second kappa shape index (κ2) is 6.66. The molecule has 1 aliphatic rings. The van der Waals surface area contributed by atoms with Crippen LogP contribution < -0.4 is 19.5 Å². The first-order valence-corrected chi connectivity index (χ1v) is 6.89. The molecule has 0 spiro atoms. The van der Waals surface area contributed by atoms with Crippen LogP contribution in [0.25, 0.3) is 0 Å². The van der Waals surface area contributed by atoms with Gasteiger partial charge >= 0.3 is 0 Å². The number of methoxy groups -OCH3 is 2. The summed E-state index contributed by atoms with van der Waals surface area (Å²) in [5.74, 6) is 2.02. The van der Waals surface area contributed by atoms with Crippen LogP contribution in [0.4, 0.5) is 0 Å². The summed E-state index contributed by atoms with van der Waals surface area (Å²) in [6, 6.07) is 4.66. The molecule has 0 saturated heterocycles. The summed E-state index contributed by atoms with van der Waals surface area (Å²) in [4.78, 5) is 0. The van der Waals surface area contributed by atoms with E-state index < -0.39 is 0 Å². The number of hydrogen-bond acceptors (Lipinski definition) is 4. The molecule has 0 aromatic heterocycles. The third kappa shape index (κ3) is 3.90. The topological polar surface area (TPSA) is 39.7 Å². The van der Waals surface area contributed by atoms with Gasteiger partial charge in [0.1, 0.15) is 6.61 Å². The SMILES string of the molecule is C=C(C)COc1c(OC)cc(CNC2CC2)cc1OC. The van der Waals surface area contributed by atoms with Gasteiger partial charge in [-0.25, -0.2) is 0 Å². The Morgan fingerprint density at radius 1 is 1.25 bits per heavy atom. The molecule has 0 heterocycles. The molecule has 1 aliphatic carbocycles. The standard InChI is InChI=1S/C16H23NO3/c1-11(2)10-20-16-14(18-3)7-12(8-15(16)19-4)9-17-13-5-6-13/h7-8,13,17H,1,5-6,9-10H2,2-4H3. The number of nitrogens with one attached hydrogen (secondary N) is 1. The highest BCUT2D eigenvalue weighted by Crippen LogP contribution is 2.39. The smallest absolute Gasteiger partial charge is 0.203 e. The van der Waals surface area contributed by atoms with E-state index in [1.165, 1.54) is 12.8 Å². The molecule has 2 rings (SSSR count). The van der Waals surface area contributed by atoms with Crippen LogP contribution in [0.15, 0.2) is 24.3 Å². The molecular formula is C16H23NO3. The van der Waals surface area contributed by atoms with E-state index in [1.807, 2.05) is 19.1 Å². The first-order chi connectivity index (χ1) is 9.63. The maximum absolute atomic E-state index is 5.73. The van der Waals surface area contributed by atoms with E-state index in [4.69, 9.17) is 14.2 Å². The lowest BCUT2D eigenvalue weighted by Crippen LogP contribution is -2.15. The monoisotopic (exact) mass is 277 g/mol. The van der Waals surface area contributed by atoms with Gasteiger partial charge in [-0.15, -0.1) is 0 Å². The summed E-state index contributed by atoms with van der Waals surface area (Å²) in [5, 5.41) is 3.48. The van der Waals surface area contributed by atoms with E-state index in [9.17, 15) is 0 Å². The van der Waals surface area contributed by atoms with Gasteiger partial charge in [0.05, 0.1) is 14.2 Å². The maximum atomic E-state index is 5.73. The van der Waals surface area contributed by atoms with Crippen LogP contribution in [0, 0.1) is 0 Å². The van der Waals surface area contributed by atoms with Crippen LogP contribution >= 0.6 is 0 Å². The third-order valence-electron chi connectivity index (χ3n) is 3.16. The molecule has 0 radical (unpaired) electrons. The van der Waals surface area contributed by atoms with Crippen molar-refractivity contribution in [3.05, 3.63) is 29.8 Å². The molecule has 0 bridgehead atoms. The minimum atomic E-state index is 0.451. The molecule has 1 aromatic rings. The number of rotatable bonds is 8. The predicted molar refractivity (Wildman–Crippen MR) is 79.7 cm³/mol. The normalized spacial score (nSPS) is 13.9. The highest BCUT2D eigenvalue weighted by Gasteiger charge is 2.21. The Kier molecular flexibility index (Phi) is 4.90. The lowest BCUT2D eigenvalue weighted by Gasteiger charge is -2.16. The van der Waals surface area contributed by atoms with Gasteiger partial charge in [-0.2, -0.15) is 0 Å². The van der Waals surface area contributed by atoms with Crippen molar-refractivity contribution in [2.24, 2.45) is 0 Å². The molecule has 20 heavy (non-hydrogen) atoms. The van der Waals surface area contributed by atoms with Crippen LogP contribution in [0.1, 0.15) is 25.3 Å². The quantitative estimate of drug-likeness (QED) is 0.742. The van der Waals surface area contributed by atoms with Gasteiger partial charge in [-0.3, -0.25) is 0 Å². The minimum Gasteiger partial charge on any atom is -0.493 e. The summed E-state index contributed by atoms with van der Waals surface area (Å²) in [5.41, 5.74) is 2.09. The average molecular weight is 277 g/mol. The molecule has 110 valence electrons. The Balaban J connectivity index is 2.17. The zero-order valence-corrected chi connectivity index (χ0v) is 12.5. The Morgan fingerprint density at radius 2 is 1.85 bits per heavy atom. The molecule has 1 fully saturated rings. The molecule has 1 saturated carbocycles. The molecule has 4 nitrogen and oxygen atoms in total. The molecule has 4 heteroatoms. The zero-order chi connectivity index (χ0) is 14.5.